The van der Waals surface area contributed by atoms with Crippen LogP contribution in [-0.2, 0) is 0 Å². The highest BCUT2D eigenvalue weighted by atomic mass is 79.9. The summed E-state index contributed by atoms with van der Waals surface area (Å²) in [6, 6.07) is 11.8. The zero-order valence-electron chi connectivity index (χ0n) is 11.5. The van der Waals surface area contributed by atoms with Crippen LogP contribution in [0.25, 0.3) is 0 Å². The first-order valence-electron chi connectivity index (χ1n) is 6.37. The fraction of sp³-hybridized carbons (Fsp3) is 0.267. The molecule has 0 saturated heterocycles. The number of nitrogens with zero attached hydrogens (tertiary/aromatic N) is 1. The van der Waals surface area contributed by atoms with Gasteiger partial charge in [-0.3, -0.25) is 0 Å². The molecule has 0 aliphatic rings. The van der Waals surface area contributed by atoms with Gasteiger partial charge in [0.05, 0.1) is 12.3 Å². The molecule has 0 fully saturated rings. The lowest BCUT2D eigenvalue weighted by atomic mass is 10.2. The Morgan fingerprint density at radius 1 is 1.30 bits per heavy atom. The monoisotopic (exact) mass is 352 g/mol. The molecule has 0 atom stereocenters. The van der Waals surface area contributed by atoms with E-state index in [2.05, 4.69) is 40.8 Å². The van der Waals surface area contributed by atoms with E-state index in [0.29, 0.717) is 24.1 Å². The van der Waals surface area contributed by atoms with Gasteiger partial charge in [0.1, 0.15) is 5.03 Å². The molecule has 2 N–H and O–H groups in total. The normalized spacial score (nSPS) is 10.8. The van der Waals surface area contributed by atoms with Gasteiger partial charge < -0.3 is 10.5 Å². The number of hydrogen-bond acceptors (Lipinski definition) is 4. The fourth-order valence-electron chi connectivity index (χ4n) is 1.50. The Morgan fingerprint density at radius 2 is 2.10 bits per heavy atom. The van der Waals surface area contributed by atoms with Crippen molar-refractivity contribution >= 4 is 33.4 Å². The molecule has 0 aliphatic heterocycles. The summed E-state index contributed by atoms with van der Waals surface area (Å²) in [6.45, 7) is 4.80. The number of anilines is 1. The van der Waals surface area contributed by atoms with Crippen molar-refractivity contribution < 1.29 is 4.74 Å². The Balaban J connectivity index is 2.14. The molecular weight excluding hydrogens is 336 g/mol. The van der Waals surface area contributed by atoms with Gasteiger partial charge in [-0.1, -0.05) is 47.6 Å². The van der Waals surface area contributed by atoms with Crippen LogP contribution < -0.4 is 10.5 Å². The third-order valence-corrected chi connectivity index (χ3v) is 3.86. The largest absolute Gasteiger partial charge is 0.476 e. The number of pyridine rings is 1. The zero-order chi connectivity index (χ0) is 14.5. The van der Waals surface area contributed by atoms with E-state index in [-0.39, 0.29) is 0 Å². The lowest BCUT2D eigenvalue weighted by molar-refractivity contribution is 0.261. The van der Waals surface area contributed by atoms with Gasteiger partial charge in [-0.15, -0.1) is 0 Å². The van der Waals surface area contributed by atoms with Crippen molar-refractivity contribution in [2.45, 2.75) is 23.8 Å². The van der Waals surface area contributed by atoms with Gasteiger partial charge in [-0.2, -0.15) is 0 Å². The third kappa shape index (κ3) is 4.42. The van der Waals surface area contributed by atoms with Crippen LogP contribution >= 0.6 is 27.7 Å². The average Bonchev–Trinajstić information content (AvgIpc) is 2.39. The molecule has 0 unspecified atom stereocenters. The fourth-order valence-corrected chi connectivity index (χ4v) is 2.89. The maximum absolute atomic E-state index is 5.89. The topological polar surface area (TPSA) is 48.1 Å². The molecule has 3 nitrogen and oxygen atoms in total. The average molecular weight is 353 g/mol. The van der Waals surface area contributed by atoms with Crippen LogP contribution in [0.4, 0.5) is 5.69 Å². The molecule has 0 aliphatic carbocycles. The van der Waals surface area contributed by atoms with Crippen LogP contribution in [0.3, 0.4) is 0 Å². The van der Waals surface area contributed by atoms with E-state index in [9.17, 15) is 0 Å². The number of aromatic nitrogens is 1. The van der Waals surface area contributed by atoms with E-state index in [1.165, 1.54) is 0 Å². The first-order chi connectivity index (χ1) is 9.54. The number of halogens is 1. The summed E-state index contributed by atoms with van der Waals surface area (Å²) < 4.78 is 6.69. The highest BCUT2D eigenvalue weighted by Gasteiger charge is 2.07. The Bertz CT molecular complexity index is 590. The number of nitrogens with two attached hydrogens (primary N) is 1. The minimum atomic E-state index is 0.442. The predicted molar refractivity (Wildman–Crippen MR) is 87.2 cm³/mol. The van der Waals surface area contributed by atoms with Gasteiger partial charge in [0, 0.05) is 9.37 Å². The van der Waals surface area contributed by atoms with Crippen molar-refractivity contribution in [2.24, 2.45) is 5.92 Å². The Kier molecular flexibility index (Phi) is 5.31. The van der Waals surface area contributed by atoms with E-state index in [4.69, 9.17) is 10.5 Å². The number of nitrogen functional groups attached to an aromatic ring is 1. The van der Waals surface area contributed by atoms with Gasteiger partial charge in [-0.05, 0) is 36.2 Å². The van der Waals surface area contributed by atoms with Gasteiger partial charge in [-0.25, -0.2) is 4.98 Å². The zero-order valence-corrected chi connectivity index (χ0v) is 13.9. The second kappa shape index (κ2) is 6.99. The summed E-state index contributed by atoms with van der Waals surface area (Å²) in [7, 11) is 0. The minimum Gasteiger partial charge on any atom is -0.476 e. The second-order valence-electron chi connectivity index (χ2n) is 4.81. The minimum absolute atomic E-state index is 0.442. The molecular formula is C15H17BrN2OS. The highest BCUT2D eigenvalue weighted by molar-refractivity contribution is 9.10. The van der Waals surface area contributed by atoms with Crippen LogP contribution in [0.5, 0.6) is 5.88 Å². The maximum Gasteiger partial charge on any atom is 0.238 e. The molecule has 20 heavy (non-hydrogen) atoms. The molecule has 1 heterocycles. The molecule has 0 amide bonds. The lowest BCUT2D eigenvalue weighted by Gasteiger charge is -2.11. The van der Waals surface area contributed by atoms with Gasteiger partial charge in [0.15, 0.2) is 0 Å². The molecule has 0 radical (unpaired) electrons. The van der Waals surface area contributed by atoms with E-state index < -0.39 is 0 Å². The van der Waals surface area contributed by atoms with Crippen molar-refractivity contribution in [1.29, 1.82) is 0 Å². The smallest absolute Gasteiger partial charge is 0.238 e. The molecule has 5 heteroatoms. The van der Waals surface area contributed by atoms with E-state index in [1.54, 1.807) is 11.8 Å². The van der Waals surface area contributed by atoms with Crippen LogP contribution in [0.2, 0.25) is 0 Å². The molecule has 0 spiro atoms. The van der Waals surface area contributed by atoms with Crippen molar-refractivity contribution in [2.75, 3.05) is 12.3 Å². The quantitative estimate of drug-likeness (QED) is 0.853. The van der Waals surface area contributed by atoms with Crippen LogP contribution in [-0.4, -0.2) is 11.6 Å². The van der Waals surface area contributed by atoms with E-state index in [0.717, 1.165) is 14.4 Å². The molecule has 0 saturated carbocycles. The summed E-state index contributed by atoms with van der Waals surface area (Å²) in [6.07, 6.45) is 0. The lowest BCUT2D eigenvalue weighted by Crippen LogP contribution is -2.07. The second-order valence-corrected chi connectivity index (χ2v) is 6.82. The van der Waals surface area contributed by atoms with Gasteiger partial charge in [0.2, 0.25) is 5.88 Å². The van der Waals surface area contributed by atoms with E-state index in [1.807, 2.05) is 30.3 Å². The Hall–Kier alpha value is -1.20. The maximum atomic E-state index is 5.89. The molecule has 2 aromatic rings. The summed E-state index contributed by atoms with van der Waals surface area (Å²) >= 11 is 5.05. The highest BCUT2D eigenvalue weighted by Crippen LogP contribution is 2.31. The molecule has 0 bridgehead atoms. The third-order valence-electron chi connectivity index (χ3n) is 2.44. The molecule has 1 aromatic heterocycles. The SMILES string of the molecule is CC(C)COc1nc(Sc2cccc(Br)c2)ccc1N. The summed E-state index contributed by atoms with van der Waals surface area (Å²) in [4.78, 5) is 5.59. The summed E-state index contributed by atoms with van der Waals surface area (Å²) in [5.74, 6) is 0.955. The summed E-state index contributed by atoms with van der Waals surface area (Å²) in [5, 5.41) is 0.871. The molecule has 106 valence electrons. The standard InChI is InChI=1S/C15H17BrN2OS/c1-10(2)9-19-15-13(17)6-7-14(18-15)20-12-5-3-4-11(16)8-12/h3-8,10H,9,17H2,1-2H3. The number of rotatable bonds is 5. The van der Waals surface area contributed by atoms with E-state index >= 15 is 0 Å². The number of ether oxygens (including phenoxy) is 1. The summed E-state index contributed by atoms with van der Waals surface area (Å²) in [5.41, 5.74) is 6.46. The first kappa shape index (κ1) is 15.2. The number of benzene rings is 1. The van der Waals surface area contributed by atoms with Crippen LogP contribution in [0.15, 0.2) is 50.8 Å². The predicted octanol–water partition coefficient (Wildman–Crippen LogP) is 4.61. The van der Waals surface area contributed by atoms with Crippen LogP contribution in [0, 0.1) is 5.92 Å². The Morgan fingerprint density at radius 3 is 2.80 bits per heavy atom. The number of hydrogen-bond donors (Lipinski definition) is 1. The van der Waals surface area contributed by atoms with Gasteiger partial charge >= 0.3 is 0 Å². The molecule has 1 aromatic carbocycles. The first-order valence-corrected chi connectivity index (χ1v) is 7.98. The Labute approximate surface area is 132 Å². The van der Waals surface area contributed by atoms with Crippen LogP contribution in [0.1, 0.15) is 13.8 Å². The van der Waals surface area contributed by atoms with Crippen molar-refractivity contribution in [1.82, 2.24) is 4.98 Å². The van der Waals surface area contributed by atoms with Crippen molar-refractivity contribution in [3.05, 3.63) is 40.9 Å². The van der Waals surface area contributed by atoms with Crippen molar-refractivity contribution in [3.8, 4) is 5.88 Å². The van der Waals surface area contributed by atoms with Gasteiger partial charge in [0.25, 0.3) is 0 Å². The van der Waals surface area contributed by atoms with Crippen molar-refractivity contribution in [3.63, 3.8) is 0 Å². The molecule has 2 rings (SSSR count).